The first-order valence-electron chi connectivity index (χ1n) is 6.02. The van der Waals surface area contributed by atoms with Gasteiger partial charge in [0.15, 0.2) is 11.5 Å². The second kappa shape index (κ2) is 8.78. The van der Waals surface area contributed by atoms with Crippen LogP contribution in [0.2, 0.25) is 0 Å². The van der Waals surface area contributed by atoms with Gasteiger partial charge in [0, 0.05) is 0 Å². The predicted molar refractivity (Wildman–Crippen MR) is 71.9 cm³/mol. The van der Waals surface area contributed by atoms with Crippen molar-refractivity contribution in [3.8, 4) is 11.5 Å². The van der Waals surface area contributed by atoms with Gasteiger partial charge in [0.2, 0.25) is 0 Å². The Morgan fingerprint density at radius 2 is 1.67 bits per heavy atom. The van der Waals surface area contributed by atoms with E-state index in [0.29, 0.717) is 18.0 Å². The van der Waals surface area contributed by atoms with E-state index in [4.69, 9.17) is 19.7 Å². The molecule has 0 amide bonds. The quantitative estimate of drug-likeness (QED) is 0.869. The van der Waals surface area contributed by atoms with E-state index < -0.39 is 0 Å². The molecule has 0 bridgehead atoms. The van der Waals surface area contributed by atoms with Crippen LogP contribution in [0, 0.1) is 0 Å². The fourth-order valence-electron chi connectivity index (χ4n) is 1.36. The molecule has 0 spiro atoms. The van der Waals surface area contributed by atoms with E-state index in [9.17, 15) is 0 Å². The minimum atomic E-state index is -0.0450. The molecule has 2 N–H and O–H groups in total. The zero-order valence-corrected chi connectivity index (χ0v) is 11.8. The number of aromatic hydroxyl groups is 1. The molecule has 0 fully saturated rings. The molecule has 0 radical (unpaired) electrons. The van der Waals surface area contributed by atoms with Crippen LogP contribution in [-0.2, 0) is 11.3 Å². The van der Waals surface area contributed by atoms with Crippen LogP contribution in [0.25, 0.3) is 0 Å². The summed E-state index contributed by atoms with van der Waals surface area (Å²) in [6.45, 7) is 8.12. The Morgan fingerprint density at radius 1 is 1.11 bits per heavy atom. The second-order valence-corrected chi connectivity index (χ2v) is 4.40. The van der Waals surface area contributed by atoms with Crippen LogP contribution in [-0.4, -0.2) is 29.5 Å². The number of methoxy groups -OCH3 is 1. The maximum Gasteiger partial charge on any atom is 0.160 e. The molecule has 4 heteroatoms. The fraction of sp³-hybridized carbons (Fsp3) is 0.571. The lowest BCUT2D eigenvalue weighted by Crippen LogP contribution is -2.09. The predicted octanol–water partition coefficient (Wildman–Crippen LogP) is 2.71. The third kappa shape index (κ3) is 7.14. The standard InChI is InChI=1S/C8H10O3.C6H14O/c1-11-8-4-6(5-9)2-3-7(8)10;1-5(2)7-6(3)4/h2-4,9-10H,5H2,1H3;5-6H,1-4H3. The van der Waals surface area contributed by atoms with Crippen molar-refractivity contribution in [2.24, 2.45) is 0 Å². The molecule has 0 saturated heterocycles. The second-order valence-electron chi connectivity index (χ2n) is 4.40. The highest BCUT2D eigenvalue weighted by Gasteiger charge is 2.00. The van der Waals surface area contributed by atoms with E-state index in [-0.39, 0.29) is 12.4 Å². The highest BCUT2D eigenvalue weighted by molar-refractivity contribution is 5.41. The normalized spacial score (nSPS) is 10.2. The Hall–Kier alpha value is -1.26. The molecule has 0 saturated carbocycles. The molecule has 0 heterocycles. The summed E-state index contributed by atoms with van der Waals surface area (Å²) >= 11 is 0. The number of benzene rings is 1. The molecular formula is C14H24O4. The molecule has 0 unspecified atom stereocenters. The van der Waals surface area contributed by atoms with Gasteiger partial charge in [0.05, 0.1) is 25.9 Å². The van der Waals surface area contributed by atoms with Gasteiger partial charge in [-0.1, -0.05) is 6.07 Å². The molecule has 104 valence electrons. The lowest BCUT2D eigenvalue weighted by atomic mass is 10.2. The van der Waals surface area contributed by atoms with Crippen LogP contribution in [0.1, 0.15) is 33.3 Å². The lowest BCUT2D eigenvalue weighted by Gasteiger charge is -2.09. The maximum atomic E-state index is 9.12. The molecule has 0 aliphatic rings. The third-order valence-corrected chi connectivity index (χ3v) is 1.97. The molecule has 18 heavy (non-hydrogen) atoms. The number of hydrogen-bond acceptors (Lipinski definition) is 4. The van der Waals surface area contributed by atoms with E-state index in [1.54, 1.807) is 12.1 Å². The first kappa shape index (κ1) is 16.7. The van der Waals surface area contributed by atoms with Crippen molar-refractivity contribution in [2.45, 2.75) is 46.5 Å². The van der Waals surface area contributed by atoms with E-state index in [1.807, 2.05) is 27.7 Å². The summed E-state index contributed by atoms with van der Waals surface area (Å²) in [6.07, 6.45) is 0.750. The summed E-state index contributed by atoms with van der Waals surface area (Å²) in [6, 6.07) is 4.72. The molecule has 1 aromatic carbocycles. The maximum absolute atomic E-state index is 9.12. The van der Waals surface area contributed by atoms with Crippen LogP contribution in [0.15, 0.2) is 18.2 Å². The van der Waals surface area contributed by atoms with Crippen molar-refractivity contribution in [3.63, 3.8) is 0 Å². The first-order valence-corrected chi connectivity index (χ1v) is 6.02. The number of aliphatic hydroxyl groups is 1. The molecule has 4 nitrogen and oxygen atoms in total. The Balaban J connectivity index is 0.000000360. The van der Waals surface area contributed by atoms with Crippen molar-refractivity contribution in [2.75, 3.05) is 7.11 Å². The summed E-state index contributed by atoms with van der Waals surface area (Å²) in [5.74, 6) is 0.473. The van der Waals surface area contributed by atoms with Gasteiger partial charge in [-0.2, -0.15) is 0 Å². The molecule has 0 atom stereocenters. The third-order valence-electron chi connectivity index (χ3n) is 1.97. The number of aliphatic hydroxyl groups excluding tert-OH is 1. The van der Waals surface area contributed by atoms with Crippen LogP contribution in [0.4, 0.5) is 0 Å². The van der Waals surface area contributed by atoms with Crippen molar-refractivity contribution >= 4 is 0 Å². The highest BCUT2D eigenvalue weighted by Crippen LogP contribution is 2.25. The number of phenolic OH excluding ortho intramolecular Hbond substituents is 1. The number of rotatable bonds is 4. The van der Waals surface area contributed by atoms with Crippen molar-refractivity contribution in [1.82, 2.24) is 0 Å². The van der Waals surface area contributed by atoms with Gasteiger partial charge in [0.25, 0.3) is 0 Å². The van der Waals surface area contributed by atoms with Crippen LogP contribution in [0.3, 0.4) is 0 Å². The van der Waals surface area contributed by atoms with Gasteiger partial charge in [-0.3, -0.25) is 0 Å². The van der Waals surface area contributed by atoms with Crippen molar-refractivity contribution in [1.29, 1.82) is 0 Å². The Bertz CT molecular complexity index is 329. The zero-order chi connectivity index (χ0) is 14.1. The first-order chi connectivity index (χ1) is 8.40. The Morgan fingerprint density at radius 3 is 2.00 bits per heavy atom. The number of hydrogen-bond donors (Lipinski definition) is 2. The minimum Gasteiger partial charge on any atom is -0.504 e. The van der Waals surface area contributed by atoms with Crippen molar-refractivity contribution in [3.05, 3.63) is 23.8 Å². The van der Waals surface area contributed by atoms with Gasteiger partial charge in [-0.05, 0) is 45.4 Å². The fourth-order valence-corrected chi connectivity index (χ4v) is 1.36. The van der Waals surface area contributed by atoms with Crippen LogP contribution >= 0.6 is 0 Å². The monoisotopic (exact) mass is 256 g/mol. The molecule has 1 rings (SSSR count). The van der Waals surface area contributed by atoms with E-state index in [2.05, 4.69) is 0 Å². The molecule has 0 aliphatic heterocycles. The van der Waals surface area contributed by atoms with E-state index >= 15 is 0 Å². The summed E-state index contributed by atoms with van der Waals surface area (Å²) in [5.41, 5.74) is 0.722. The van der Waals surface area contributed by atoms with Gasteiger partial charge < -0.3 is 19.7 Å². The smallest absolute Gasteiger partial charge is 0.160 e. The minimum absolute atomic E-state index is 0.0450. The van der Waals surface area contributed by atoms with Gasteiger partial charge in [-0.25, -0.2) is 0 Å². The topological polar surface area (TPSA) is 58.9 Å². The average Bonchev–Trinajstić information content (AvgIpc) is 2.28. The largest absolute Gasteiger partial charge is 0.504 e. The van der Waals surface area contributed by atoms with Gasteiger partial charge >= 0.3 is 0 Å². The highest BCUT2D eigenvalue weighted by atomic mass is 16.5. The van der Waals surface area contributed by atoms with E-state index in [1.165, 1.54) is 13.2 Å². The van der Waals surface area contributed by atoms with Crippen LogP contribution in [0.5, 0.6) is 11.5 Å². The Kier molecular flexibility index (Phi) is 8.16. The van der Waals surface area contributed by atoms with Gasteiger partial charge in [-0.15, -0.1) is 0 Å². The van der Waals surface area contributed by atoms with Crippen LogP contribution < -0.4 is 4.74 Å². The molecule has 1 aromatic rings. The SMILES string of the molecule is CC(C)OC(C)C.COc1cc(CO)ccc1O. The molecule has 0 aliphatic carbocycles. The average molecular weight is 256 g/mol. The van der Waals surface area contributed by atoms with E-state index in [0.717, 1.165) is 5.56 Å². The van der Waals surface area contributed by atoms with Gasteiger partial charge in [0.1, 0.15) is 0 Å². The Labute approximate surface area is 109 Å². The summed E-state index contributed by atoms with van der Waals surface area (Å²) in [5, 5.41) is 17.8. The molecule has 0 aromatic heterocycles. The zero-order valence-electron chi connectivity index (χ0n) is 11.8. The summed E-state index contributed by atoms with van der Waals surface area (Å²) in [4.78, 5) is 0. The molecular weight excluding hydrogens is 232 g/mol. The number of phenols is 1. The lowest BCUT2D eigenvalue weighted by molar-refractivity contribution is 0.0300. The van der Waals surface area contributed by atoms with Crippen molar-refractivity contribution < 1.29 is 19.7 Å². The summed E-state index contributed by atoms with van der Waals surface area (Å²) in [7, 11) is 1.47. The summed E-state index contributed by atoms with van der Waals surface area (Å²) < 4.78 is 10.1. The number of ether oxygens (including phenoxy) is 2.